The van der Waals surface area contributed by atoms with Gasteiger partial charge in [0, 0.05) is 26.7 Å². The molecule has 2 amide bonds. The fourth-order valence-electron chi connectivity index (χ4n) is 2.11. The molecule has 0 bridgehead atoms. The molecule has 0 aliphatic carbocycles. The number of carbonyl (C=O) groups is 2. The van der Waals surface area contributed by atoms with E-state index in [-0.39, 0.29) is 19.1 Å². The number of urea groups is 1. The summed E-state index contributed by atoms with van der Waals surface area (Å²) in [6.07, 6.45) is 0. The number of carboxylic acids is 1. The first-order chi connectivity index (χ1) is 9.51. The van der Waals surface area contributed by atoms with E-state index in [0.717, 1.165) is 5.56 Å². The molecule has 1 aliphatic rings. The first-order valence-corrected chi connectivity index (χ1v) is 6.23. The van der Waals surface area contributed by atoms with E-state index in [9.17, 15) is 9.59 Å². The van der Waals surface area contributed by atoms with E-state index in [2.05, 4.69) is 6.07 Å². The molecule has 1 aromatic rings. The first kappa shape index (κ1) is 13.9. The van der Waals surface area contributed by atoms with Gasteiger partial charge in [0.15, 0.2) is 0 Å². The Morgan fingerprint density at radius 2 is 2.20 bits per heavy atom. The van der Waals surface area contributed by atoms with Crippen molar-refractivity contribution in [3.63, 3.8) is 0 Å². The molecule has 0 aromatic heterocycles. The number of hydrogen-bond donors (Lipinski definition) is 1. The maximum Gasteiger partial charge on any atom is 0.320 e. The van der Waals surface area contributed by atoms with Gasteiger partial charge in [0.1, 0.15) is 0 Å². The molecule has 1 fully saturated rings. The summed E-state index contributed by atoms with van der Waals surface area (Å²) in [5.41, 5.74) is 1.42. The van der Waals surface area contributed by atoms with Crippen molar-refractivity contribution in [2.75, 3.05) is 20.1 Å². The highest BCUT2D eigenvalue weighted by Crippen LogP contribution is 2.18. The summed E-state index contributed by atoms with van der Waals surface area (Å²) in [5.74, 6) is -1.31. The van der Waals surface area contributed by atoms with Crippen molar-refractivity contribution >= 4 is 12.0 Å². The molecule has 0 spiro atoms. The lowest BCUT2D eigenvalue weighted by Gasteiger charge is -2.39. The number of rotatable bonds is 3. The molecule has 1 saturated heterocycles. The summed E-state index contributed by atoms with van der Waals surface area (Å²) in [7, 11) is 1.66. The number of hydrogen-bond acceptors (Lipinski definition) is 3. The topological polar surface area (TPSA) is 84.6 Å². The van der Waals surface area contributed by atoms with E-state index in [4.69, 9.17) is 10.4 Å². The van der Waals surface area contributed by atoms with Crippen molar-refractivity contribution in [2.24, 2.45) is 5.92 Å². The molecule has 1 heterocycles. The van der Waals surface area contributed by atoms with Crippen LogP contribution in [-0.2, 0) is 11.3 Å². The van der Waals surface area contributed by atoms with Gasteiger partial charge in [-0.15, -0.1) is 0 Å². The Hall–Kier alpha value is -2.55. The van der Waals surface area contributed by atoms with Crippen molar-refractivity contribution < 1.29 is 14.7 Å². The smallest absolute Gasteiger partial charge is 0.320 e. The third kappa shape index (κ3) is 2.88. The lowest BCUT2D eigenvalue weighted by Crippen LogP contribution is -2.56. The highest BCUT2D eigenvalue weighted by molar-refractivity contribution is 5.79. The highest BCUT2D eigenvalue weighted by atomic mass is 16.4. The van der Waals surface area contributed by atoms with E-state index >= 15 is 0 Å². The molecule has 0 atom stereocenters. The Bertz CT molecular complexity index is 573. The summed E-state index contributed by atoms with van der Waals surface area (Å²) >= 11 is 0. The lowest BCUT2D eigenvalue weighted by molar-refractivity contribution is -0.146. The fourth-order valence-corrected chi connectivity index (χ4v) is 2.11. The maximum atomic E-state index is 12.0. The van der Waals surface area contributed by atoms with Crippen LogP contribution >= 0.6 is 0 Å². The number of nitrogens with zero attached hydrogens (tertiary/aromatic N) is 3. The van der Waals surface area contributed by atoms with Gasteiger partial charge in [0.25, 0.3) is 0 Å². The molecule has 0 unspecified atom stereocenters. The van der Waals surface area contributed by atoms with Gasteiger partial charge in [-0.3, -0.25) is 4.79 Å². The predicted octanol–water partition coefficient (Wildman–Crippen LogP) is 1.13. The van der Waals surface area contributed by atoms with Crippen LogP contribution in [0.3, 0.4) is 0 Å². The van der Waals surface area contributed by atoms with Gasteiger partial charge in [-0.1, -0.05) is 12.1 Å². The van der Waals surface area contributed by atoms with Gasteiger partial charge in [-0.05, 0) is 17.7 Å². The molecular weight excluding hydrogens is 258 g/mol. The van der Waals surface area contributed by atoms with Crippen LogP contribution < -0.4 is 0 Å². The number of carbonyl (C=O) groups excluding carboxylic acids is 1. The zero-order valence-corrected chi connectivity index (χ0v) is 11.1. The first-order valence-electron chi connectivity index (χ1n) is 6.23. The lowest BCUT2D eigenvalue weighted by atomic mass is 10.0. The van der Waals surface area contributed by atoms with Gasteiger partial charge < -0.3 is 14.9 Å². The average Bonchev–Trinajstić information content (AvgIpc) is 2.36. The fraction of sp³-hybridized carbons (Fsp3) is 0.357. The van der Waals surface area contributed by atoms with Gasteiger partial charge in [0.2, 0.25) is 0 Å². The number of amides is 2. The van der Waals surface area contributed by atoms with E-state index in [1.165, 1.54) is 9.80 Å². The summed E-state index contributed by atoms with van der Waals surface area (Å²) < 4.78 is 0. The van der Waals surface area contributed by atoms with Crippen molar-refractivity contribution in [2.45, 2.75) is 6.54 Å². The van der Waals surface area contributed by atoms with Crippen LogP contribution in [0, 0.1) is 17.2 Å². The molecule has 6 nitrogen and oxygen atoms in total. The van der Waals surface area contributed by atoms with Crippen molar-refractivity contribution in [1.29, 1.82) is 5.26 Å². The zero-order chi connectivity index (χ0) is 14.7. The van der Waals surface area contributed by atoms with Gasteiger partial charge >= 0.3 is 12.0 Å². The van der Waals surface area contributed by atoms with Crippen LogP contribution in [0.25, 0.3) is 0 Å². The van der Waals surface area contributed by atoms with Crippen LogP contribution in [-0.4, -0.2) is 47.0 Å². The maximum absolute atomic E-state index is 12.0. The molecule has 1 N–H and O–H groups in total. The van der Waals surface area contributed by atoms with Crippen molar-refractivity contribution in [1.82, 2.24) is 9.80 Å². The minimum absolute atomic E-state index is 0.190. The minimum atomic E-state index is -0.863. The molecule has 1 aliphatic heterocycles. The molecule has 0 saturated carbocycles. The number of benzene rings is 1. The summed E-state index contributed by atoms with van der Waals surface area (Å²) in [6.45, 7) is 0.913. The predicted molar refractivity (Wildman–Crippen MR) is 70.7 cm³/mol. The Morgan fingerprint density at radius 1 is 1.50 bits per heavy atom. The Kier molecular flexibility index (Phi) is 3.89. The second-order valence-corrected chi connectivity index (χ2v) is 4.89. The van der Waals surface area contributed by atoms with Crippen LogP contribution in [0.5, 0.6) is 0 Å². The number of likely N-dealkylation sites (tertiary alicyclic amines) is 1. The second-order valence-electron chi connectivity index (χ2n) is 4.89. The molecule has 0 radical (unpaired) electrons. The second kappa shape index (κ2) is 5.61. The third-order valence-corrected chi connectivity index (χ3v) is 3.30. The van der Waals surface area contributed by atoms with Crippen LogP contribution in [0.4, 0.5) is 4.79 Å². The Morgan fingerprint density at radius 3 is 2.80 bits per heavy atom. The summed E-state index contributed by atoms with van der Waals surface area (Å²) in [5, 5.41) is 17.6. The quantitative estimate of drug-likeness (QED) is 0.894. The molecule has 6 heteroatoms. The average molecular weight is 273 g/mol. The van der Waals surface area contributed by atoms with Crippen LogP contribution in [0.2, 0.25) is 0 Å². The monoisotopic (exact) mass is 273 g/mol. The van der Waals surface area contributed by atoms with Gasteiger partial charge in [-0.2, -0.15) is 5.26 Å². The van der Waals surface area contributed by atoms with Crippen molar-refractivity contribution in [3.8, 4) is 6.07 Å². The highest BCUT2D eigenvalue weighted by Gasteiger charge is 2.36. The van der Waals surface area contributed by atoms with E-state index in [1.807, 2.05) is 6.07 Å². The van der Waals surface area contributed by atoms with E-state index in [1.54, 1.807) is 25.2 Å². The standard InChI is InChI=1S/C14H15N3O3/c1-16(7-11-4-2-3-10(5-11)6-15)14(20)17-8-12(9-17)13(18)19/h2-5,12H,7-9H2,1H3,(H,18,19). The SMILES string of the molecule is CN(Cc1cccc(C#N)c1)C(=O)N1CC(C(=O)O)C1. The largest absolute Gasteiger partial charge is 0.481 e. The van der Waals surface area contributed by atoms with Crippen LogP contribution in [0.15, 0.2) is 24.3 Å². The molecular formula is C14H15N3O3. The number of nitriles is 1. The molecule has 20 heavy (non-hydrogen) atoms. The van der Waals surface area contributed by atoms with E-state index < -0.39 is 11.9 Å². The van der Waals surface area contributed by atoms with Gasteiger partial charge in [0.05, 0.1) is 17.6 Å². The minimum Gasteiger partial charge on any atom is -0.481 e. The molecule has 2 rings (SSSR count). The van der Waals surface area contributed by atoms with Crippen molar-refractivity contribution in [3.05, 3.63) is 35.4 Å². The summed E-state index contributed by atoms with van der Waals surface area (Å²) in [6, 6.07) is 8.93. The third-order valence-electron chi connectivity index (χ3n) is 3.30. The number of carboxylic acid groups (broad SMARTS) is 1. The number of aliphatic carboxylic acids is 1. The van der Waals surface area contributed by atoms with E-state index in [0.29, 0.717) is 12.1 Å². The summed E-state index contributed by atoms with van der Waals surface area (Å²) in [4.78, 5) is 25.8. The normalized spacial score (nSPS) is 14.3. The Balaban J connectivity index is 1.92. The molecule has 104 valence electrons. The molecule has 1 aromatic carbocycles. The van der Waals surface area contributed by atoms with Crippen LogP contribution in [0.1, 0.15) is 11.1 Å². The Labute approximate surface area is 116 Å². The zero-order valence-electron chi connectivity index (χ0n) is 11.1. The van der Waals surface area contributed by atoms with Gasteiger partial charge in [-0.25, -0.2) is 4.79 Å².